The molecule has 1 aromatic heterocycles. The van der Waals surface area contributed by atoms with Crippen molar-refractivity contribution in [2.24, 2.45) is 0 Å². The predicted octanol–water partition coefficient (Wildman–Crippen LogP) is 1.20. The Morgan fingerprint density at radius 2 is 2.17 bits per heavy atom. The van der Waals surface area contributed by atoms with Gasteiger partial charge in [0.2, 0.25) is 0 Å². The smallest absolute Gasteiger partial charge is 0.114 e. The highest BCUT2D eigenvalue weighted by Crippen LogP contribution is 2.26. The highest BCUT2D eigenvalue weighted by Gasteiger charge is 2.26. The van der Waals surface area contributed by atoms with Crippen molar-refractivity contribution in [1.82, 2.24) is 14.9 Å². The molecule has 102 valence electrons. The molecule has 0 bridgehead atoms. The summed E-state index contributed by atoms with van der Waals surface area (Å²) in [4.78, 5) is 4.80. The van der Waals surface area contributed by atoms with Gasteiger partial charge >= 0.3 is 0 Å². The lowest BCUT2D eigenvalue weighted by Crippen LogP contribution is -2.26. The summed E-state index contributed by atoms with van der Waals surface area (Å²) in [5, 5.41) is 3.36. The second-order valence-electron chi connectivity index (χ2n) is 5.93. The molecule has 0 radical (unpaired) electrons. The highest BCUT2D eigenvalue weighted by atomic mass is 32.2. The molecule has 0 fully saturated rings. The molecule has 2 heterocycles. The summed E-state index contributed by atoms with van der Waals surface area (Å²) < 4.78 is 13.6. The van der Waals surface area contributed by atoms with Crippen LogP contribution in [0.2, 0.25) is 0 Å². The van der Waals surface area contributed by atoms with Gasteiger partial charge in [0.15, 0.2) is 0 Å². The molecular formula is C13H23N3OS. The van der Waals surface area contributed by atoms with Crippen LogP contribution in [0.3, 0.4) is 0 Å². The third-order valence-electron chi connectivity index (χ3n) is 3.26. The van der Waals surface area contributed by atoms with Crippen LogP contribution in [-0.2, 0) is 35.7 Å². The van der Waals surface area contributed by atoms with E-state index in [0.29, 0.717) is 5.75 Å². The summed E-state index contributed by atoms with van der Waals surface area (Å²) in [6.45, 7) is 9.25. The highest BCUT2D eigenvalue weighted by molar-refractivity contribution is 7.84. The van der Waals surface area contributed by atoms with Crippen LogP contribution in [-0.4, -0.2) is 32.3 Å². The molecular weight excluding hydrogens is 246 g/mol. The van der Waals surface area contributed by atoms with Gasteiger partial charge in [-0.1, -0.05) is 20.8 Å². The topological polar surface area (TPSA) is 46.9 Å². The first kappa shape index (κ1) is 13.7. The first-order valence-corrected chi connectivity index (χ1v) is 8.22. The Morgan fingerprint density at radius 3 is 2.78 bits per heavy atom. The lowest BCUT2D eigenvalue weighted by atomic mass is 9.95. The van der Waals surface area contributed by atoms with E-state index in [4.69, 9.17) is 4.98 Å². The number of aromatic nitrogens is 2. The van der Waals surface area contributed by atoms with Crippen molar-refractivity contribution < 1.29 is 4.21 Å². The molecule has 0 spiro atoms. The van der Waals surface area contributed by atoms with Gasteiger partial charge in [0.1, 0.15) is 5.82 Å². The van der Waals surface area contributed by atoms with Crippen LogP contribution in [0.1, 0.15) is 38.0 Å². The van der Waals surface area contributed by atoms with Crippen molar-refractivity contribution in [1.29, 1.82) is 0 Å². The first-order chi connectivity index (χ1) is 8.39. The van der Waals surface area contributed by atoms with Gasteiger partial charge < -0.3 is 9.88 Å². The van der Waals surface area contributed by atoms with Gasteiger partial charge in [-0.15, -0.1) is 0 Å². The molecule has 0 aromatic carbocycles. The van der Waals surface area contributed by atoms with Crippen LogP contribution in [0.15, 0.2) is 0 Å². The van der Waals surface area contributed by atoms with E-state index >= 15 is 0 Å². The number of nitrogens with zero attached hydrogens (tertiary/aromatic N) is 2. The number of imidazole rings is 1. The lowest BCUT2D eigenvalue weighted by molar-refractivity contribution is 0.499. The zero-order chi connectivity index (χ0) is 13.3. The number of nitrogens with one attached hydrogen (secondary N) is 1. The average molecular weight is 269 g/mol. The van der Waals surface area contributed by atoms with E-state index in [-0.39, 0.29) is 5.41 Å². The van der Waals surface area contributed by atoms with Crippen molar-refractivity contribution in [3.8, 4) is 0 Å². The third-order valence-corrected chi connectivity index (χ3v) is 4.02. The Morgan fingerprint density at radius 1 is 1.44 bits per heavy atom. The fraction of sp³-hybridized carbons (Fsp3) is 0.769. The molecule has 0 saturated carbocycles. The molecule has 1 atom stereocenters. The van der Waals surface area contributed by atoms with Crippen LogP contribution < -0.4 is 5.32 Å². The van der Waals surface area contributed by atoms with Crippen molar-refractivity contribution in [2.75, 3.05) is 18.6 Å². The fourth-order valence-corrected chi connectivity index (χ4v) is 2.84. The van der Waals surface area contributed by atoms with E-state index in [2.05, 4.69) is 30.7 Å². The zero-order valence-electron chi connectivity index (χ0n) is 11.7. The van der Waals surface area contributed by atoms with Crippen molar-refractivity contribution in [3.05, 3.63) is 17.2 Å². The van der Waals surface area contributed by atoms with Crippen LogP contribution in [0.5, 0.6) is 0 Å². The predicted molar refractivity (Wildman–Crippen MR) is 75.3 cm³/mol. The van der Waals surface area contributed by atoms with E-state index in [0.717, 1.165) is 31.9 Å². The van der Waals surface area contributed by atoms with Crippen LogP contribution in [0.25, 0.3) is 0 Å². The Hall–Kier alpha value is -0.680. The van der Waals surface area contributed by atoms with E-state index in [1.165, 1.54) is 11.4 Å². The van der Waals surface area contributed by atoms with Crippen LogP contribution >= 0.6 is 0 Å². The molecule has 1 aliphatic rings. The second-order valence-corrected chi connectivity index (χ2v) is 7.49. The van der Waals surface area contributed by atoms with Gasteiger partial charge in [0.05, 0.1) is 5.69 Å². The Labute approximate surface area is 112 Å². The van der Waals surface area contributed by atoms with Crippen LogP contribution in [0.4, 0.5) is 0 Å². The molecule has 18 heavy (non-hydrogen) atoms. The number of rotatable bonds is 3. The molecule has 1 aliphatic heterocycles. The number of fused-ring (bicyclic) bond motifs is 1. The second kappa shape index (κ2) is 5.13. The zero-order valence-corrected chi connectivity index (χ0v) is 12.6. The van der Waals surface area contributed by atoms with E-state index in [9.17, 15) is 4.21 Å². The molecule has 5 heteroatoms. The summed E-state index contributed by atoms with van der Waals surface area (Å²) in [7, 11) is -0.750. The molecule has 0 aliphatic carbocycles. The van der Waals surface area contributed by atoms with E-state index in [1.807, 2.05) is 0 Å². The lowest BCUT2D eigenvalue weighted by Gasteiger charge is -2.21. The number of hydrogen-bond acceptors (Lipinski definition) is 3. The molecule has 1 N–H and O–H groups in total. The maximum Gasteiger partial charge on any atom is 0.114 e. The first-order valence-electron chi connectivity index (χ1n) is 6.49. The van der Waals surface area contributed by atoms with Crippen molar-refractivity contribution >= 4 is 10.8 Å². The van der Waals surface area contributed by atoms with Crippen LogP contribution in [0, 0.1) is 0 Å². The molecule has 0 amide bonds. The summed E-state index contributed by atoms with van der Waals surface area (Å²) in [6, 6.07) is 0. The average Bonchev–Trinajstić information content (AvgIpc) is 2.64. The number of hydrogen-bond donors (Lipinski definition) is 1. The van der Waals surface area contributed by atoms with Crippen molar-refractivity contribution in [3.63, 3.8) is 0 Å². The maximum atomic E-state index is 11.3. The van der Waals surface area contributed by atoms with Gasteiger partial charge in [0.25, 0.3) is 0 Å². The third kappa shape index (κ3) is 2.83. The maximum absolute atomic E-state index is 11.3. The Kier molecular flexibility index (Phi) is 3.92. The SMILES string of the molecule is CS(=O)CCn1c(C(C)(C)C)nc2c1CCNC2. The van der Waals surface area contributed by atoms with Gasteiger partial charge in [0, 0.05) is 60.0 Å². The molecule has 0 saturated heterocycles. The molecule has 1 unspecified atom stereocenters. The fourth-order valence-electron chi connectivity index (χ4n) is 2.40. The van der Waals surface area contributed by atoms with Gasteiger partial charge in [-0.2, -0.15) is 0 Å². The normalized spacial score (nSPS) is 17.6. The molecule has 2 rings (SSSR count). The summed E-state index contributed by atoms with van der Waals surface area (Å²) in [6.07, 6.45) is 2.79. The molecule has 4 nitrogen and oxygen atoms in total. The van der Waals surface area contributed by atoms with Gasteiger partial charge in [-0.25, -0.2) is 4.98 Å². The summed E-state index contributed by atoms with van der Waals surface area (Å²) in [5.41, 5.74) is 2.55. The van der Waals surface area contributed by atoms with Gasteiger partial charge in [-0.05, 0) is 0 Å². The van der Waals surface area contributed by atoms with Gasteiger partial charge in [-0.3, -0.25) is 4.21 Å². The minimum absolute atomic E-state index is 0.0343. The minimum Gasteiger partial charge on any atom is -0.330 e. The summed E-state index contributed by atoms with van der Waals surface area (Å²) >= 11 is 0. The minimum atomic E-state index is -0.750. The van der Waals surface area contributed by atoms with E-state index < -0.39 is 10.8 Å². The summed E-state index contributed by atoms with van der Waals surface area (Å²) in [5.74, 6) is 1.83. The van der Waals surface area contributed by atoms with E-state index in [1.54, 1.807) is 6.26 Å². The Bertz CT molecular complexity index is 460. The molecule has 1 aromatic rings. The Balaban J connectivity index is 2.39. The monoisotopic (exact) mass is 269 g/mol. The quantitative estimate of drug-likeness (QED) is 0.897. The van der Waals surface area contributed by atoms with Crippen molar-refractivity contribution in [2.45, 2.75) is 45.7 Å². The largest absolute Gasteiger partial charge is 0.330 e. The standard InChI is InChI=1S/C13H23N3OS/c1-13(2,3)12-15-10-9-14-6-5-11(10)16(12)7-8-18(4)17/h14H,5-9H2,1-4H3.